The standard InChI is InChI=1S/C27H26FN3O4/c1-30(27(33)22-9-4-5-10-23(22)28)17-26(32)31-25(18-11-13-20(34-2)14-12-18)16-24(29-31)19-7-6-8-21(15-19)35-3/h4-15,25H,16-17H2,1-3H3/t25-/m1/s1. The SMILES string of the molecule is COc1ccc([C@H]2CC(c3cccc(OC)c3)=NN2C(=O)CN(C)C(=O)c2ccccc2F)cc1. The van der Waals surface area contributed by atoms with Crippen molar-refractivity contribution in [2.45, 2.75) is 12.5 Å². The summed E-state index contributed by atoms with van der Waals surface area (Å²) in [6.45, 7) is -0.255. The fourth-order valence-electron chi connectivity index (χ4n) is 3.99. The molecule has 0 unspecified atom stereocenters. The molecule has 3 aromatic carbocycles. The third-order valence-corrected chi connectivity index (χ3v) is 5.89. The zero-order valence-electron chi connectivity index (χ0n) is 19.8. The number of carbonyl (C=O) groups is 2. The van der Waals surface area contributed by atoms with Gasteiger partial charge < -0.3 is 14.4 Å². The molecule has 1 heterocycles. The van der Waals surface area contributed by atoms with Gasteiger partial charge in [-0.1, -0.05) is 36.4 Å². The molecule has 0 fully saturated rings. The van der Waals surface area contributed by atoms with Gasteiger partial charge in [0.25, 0.3) is 11.8 Å². The van der Waals surface area contributed by atoms with Crippen LogP contribution in [-0.4, -0.2) is 55.2 Å². The van der Waals surface area contributed by atoms with E-state index >= 15 is 0 Å². The Morgan fingerprint density at radius 3 is 2.40 bits per heavy atom. The van der Waals surface area contributed by atoms with Crippen molar-refractivity contribution in [3.8, 4) is 11.5 Å². The van der Waals surface area contributed by atoms with E-state index in [9.17, 15) is 14.0 Å². The molecule has 7 nitrogen and oxygen atoms in total. The molecule has 1 aliphatic rings. The Kier molecular flexibility index (Phi) is 7.10. The number of ether oxygens (including phenoxy) is 2. The number of hydrogen-bond acceptors (Lipinski definition) is 5. The van der Waals surface area contributed by atoms with E-state index in [1.807, 2.05) is 48.5 Å². The first-order valence-electron chi connectivity index (χ1n) is 11.1. The minimum Gasteiger partial charge on any atom is -0.497 e. The third-order valence-electron chi connectivity index (χ3n) is 5.89. The van der Waals surface area contributed by atoms with Crippen molar-refractivity contribution >= 4 is 17.5 Å². The molecule has 0 aliphatic carbocycles. The van der Waals surface area contributed by atoms with Crippen molar-refractivity contribution in [2.75, 3.05) is 27.8 Å². The molecule has 8 heteroatoms. The zero-order valence-corrected chi connectivity index (χ0v) is 19.8. The average Bonchev–Trinajstić information content (AvgIpc) is 3.34. The minimum atomic E-state index is -0.632. The summed E-state index contributed by atoms with van der Waals surface area (Å²) in [7, 11) is 4.65. The number of hydrogen-bond donors (Lipinski definition) is 0. The highest BCUT2D eigenvalue weighted by Crippen LogP contribution is 2.34. The zero-order chi connectivity index (χ0) is 24.9. The number of rotatable bonds is 7. The van der Waals surface area contributed by atoms with Crippen LogP contribution < -0.4 is 9.47 Å². The maximum atomic E-state index is 14.1. The van der Waals surface area contributed by atoms with E-state index in [-0.39, 0.29) is 24.1 Å². The van der Waals surface area contributed by atoms with Gasteiger partial charge in [0.05, 0.1) is 31.5 Å². The van der Waals surface area contributed by atoms with Crippen LogP contribution in [0.25, 0.3) is 0 Å². The van der Waals surface area contributed by atoms with Crippen LogP contribution in [0.1, 0.15) is 33.9 Å². The van der Waals surface area contributed by atoms with Crippen LogP contribution in [0.3, 0.4) is 0 Å². The Hall–Kier alpha value is -4.20. The molecule has 35 heavy (non-hydrogen) atoms. The lowest BCUT2D eigenvalue weighted by atomic mass is 9.98. The molecule has 2 amide bonds. The predicted octanol–water partition coefficient (Wildman–Crippen LogP) is 4.29. The number of likely N-dealkylation sites (N-methyl/N-ethyl adjacent to an activating group) is 1. The summed E-state index contributed by atoms with van der Waals surface area (Å²) in [6.07, 6.45) is 0.482. The fraction of sp³-hybridized carbons (Fsp3) is 0.222. The largest absolute Gasteiger partial charge is 0.497 e. The van der Waals surface area contributed by atoms with Crippen molar-refractivity contribution in [3.63, 3.8) is 0 Å². The Bertz CT molecular complexity index is 1260. The second-order valence-electron chi connectivity index (χ2n) is 8.15. The van der Waals surface area contributed by atoms with Gasteiger partial charge in [0, 0.05) is 19.0 Å². The smallest absolute Gasteiger partial charge is 0.262 e. The van der Waals surface area contributed by atoms with Gasteiger partial charge in [-0.2, -0.15) is 5.10 Å². The van der Waals surface area contributed by atoms with E-state index in [0.29, 0.717) is 17.9 Å². The lowest BCUT2D eigenvalue weighted by Gasteiger charge is -2.25. The number of halogens is 1. The van der Waals surface area contributed by atoms with Gasteiger partial charge in [-0.25, -0.2) is 9.40 Å². The number of carbonyl (C=O) groups excluding carboxylic acids is 2. The first-order chi connectivity index (χ1) is 16.9. The summed E-state index contributed by atoms with van der Waals surface area (Å²) in [5.41, 5.74) is 2.36. The molecule has 0 radical (unpaired) electrons. The molecule has 1 aliphatic heterocycles. The third kappa shape index (κ3) is 5.16. The number of methoxy groups -OCH3 is 2. The average molecular weight is 476 g/mol. The van der Waals surface area contributed by atoms with Crippen LogP contribution in [0.5, 0.6) is 11.5 Å². The lowest BCUT2D eigenvalue weighted by Crippen LogP contribution is -2.39. The Morgan fingerprint density at radius 2 is 1.71 bits per heavy atom. The van der Waals surface area contributed by atoms with Crippen molar-refractivity contribution in [2.24, 2.45) is 5.10 Å². The van der Waals surface area contributed by atoms with Crippen LogP contribution in [-0.2, 0) is 4.79 Å². The van der Waals surface area contributed by atoms with E-state index in [0.717, 1.165) is 16.8 Å². The number of nitrogens with zero attached hydrogens (tertiary/aromatic N) is 3. The molecule has 1 atom stereocenters. The molecule has 0 saturated heterocycles. The van der Waals surface area contributed by atoms with Gasteiger partial charge in [-0.05, 0) is 42.0 Å². The van der Waals surface area contributed by atoms with Gasteiger partial charge >= 0.3 is 0 Å². The van der Waals surface area contributed by atoms with Crippen LogP contribution >= 0.6 is 0 Å². The number of hydrazone groups is 1. The fourth-order valence-corrected chi connectivity index (χ4v) is 3.99. The van der Waals surface area contributed by atoms with E-state index < -0.39 is 11.7 Å². The molecule has 0 saturated carbocycles. The predicted molar refractivity (Wildman–Crippen MR) is 130 cm³/mol. The van der Waals surface area contributed by atoms with Gasteiger partial charge in [0.15, 0.2) is 0 Å². The molecular weight excluding hydrogens is 449 g/mol. The maximum absolute atomic E-state index is 14.1. The van der Waals surface area contributed by atoms with Crippen LogP contribution in [0, 0.1) is 5.82 Å². The first kappa shape index (κ1) is 23.9. The summed E-state index contributed by atoms with van der Waals surface area (Å²) < 4.78 is 24.7. The van der Waals surface area contributed by atoms with Crippen LogP contribution in [0.4, 0.5) is 4.39 Å². The highest BCUT2D eigenvalue weighted by molar-refractivity contribution is 6.04. The van der Waals surface area contributed by atoms with Crippen molar-refractivity contribution in [1.29, 1.82) is 0 Å². The molecule has 4 rings (SSSR count). The highest BCUT2D eigenvalue weighted by Gasteiger charge is 2.34. The maximum Gasteiger partial charge on any atom is 0.262 e. The monoisotopic (exact) mass is 475 g/mol. The van der Waals surface area contributed by atoms with Gasteiger partial charge in [-0.15, -0.1) is 0 Å². The summed E-state index contributed by atoms with van der Waals surface area (Å²) in [6, 6.07) is 20.3. The second kappa shape index (κ2) is 10.4. The molecule has 0 aromatic heterocycles. The van der Waals surface area contributed by atoms with E-state index in [2.05, 4.69) is 5.10 Å². The summed E-state index contributed by atoms with van der Waals surface area (Å²) in [4.78, 5) is 27.3. The van der Waals surface area contributed by atoms with Crippen LogP contribution in [0.2, 0.25) is 0 Å². The van der Waals surface area contributed by atoms with Crippen LogP contribution in [0.15, 0.2) is 77.9 Å². The van der Waals surface area contributed by atoms with Gasteiger partial charge in [0.1, 0.15) is 23.9 Å². The van der Waals surface area contributed by atoms with Crippen molar-refractivity contribution < 1.29 is 23.5 Å². The minimum absolute atomic E-state index is 0.0866. The topological polar surface area (TPSA) is 71.4 Å². The first-order valence-corrected chi connectivity index (χ1v) is 11.1. The van der Waals surface area contributed by atoms with Crippen molar-refractivity contribution in [3.05, 3.63) is 95.3 Å². The van der Waals surface area contributed by atoms with Crippen molar-refractivity contribution in [1.82, 2.24) is 9.91 Å². The van der Waals surface area contributed by atoms with Gasteiger partial charge in [0.2, 0.25) is 0 Å². The van der Waals surface area contributed by atoms with E-state index in [4.69, 9.17) is 9.47 Å². The normalized spacial score (nSPS) is 14.9. The molecule has 0 N–H and O–H groups in total. The quantitative estimate of drug-likeness (QED) is 0.511. The number of benzene rings is 3. The molecule has 3 aromatic rings. The summed E-state index contributed by atoms with van der Waals surface area (Å²) in [5.74, 6) is -0.197. The Balaban J connectivity index is 1.61. The summed E-state index contributed by atoms with van der Waals surface area (Å²) in [5, 5.41) is 6.04. The molecular formula is C27H26FN3O4. The molecule has 0 spiro atoms. The van der Waals surface area contributed by atoms with E-state index in [1.165, 1.54) is 35.2 Å². The Morgan fingerprint density at radius 1 is 1.00 bits per heavy atom. The highest BCUT2D eigenvalue weighted by atomic mass is 19.1. The van der Waals surface area contributed by atoms with Gasteiger partial charge in [-0.3, -0.25) is 9.59 Å². The summed E-state index contributed by atoms with van der Waals surface area (Å²) >= 11 is 0. The molecule has 0 bridgehead atoms. The Labute approximate surface area is 203 Å². The second-order valence-corrected chi connectivity index (χ2v) is 8.15. The lowest BCUT2D eigenvalue weighted by molar-refractivity contribution is -0.133. The molecule has 180 valence electrons. The number of amides is 2. The van der Waals surface area contributed by atoms with E-state index in [1.54, 1.807) is 20.3 Å².